The second-order valence-electron chi connectivity index (χ2n) is 4.36. The third-order valence-corrected chi connectivity index (χ3v) is 3.01. The molecule has 3 heteroatoms. The Morgan fingerprint density at radius 2 is 1.94 bits per heavy atom. The van der Waals surface area contributed by atoms with Crippen LogP contribution in [0.2, 0.25) is 0 Å². The van der Waals surface area contributed by atoms with Gasteiger partial charge in [0.25, 0.3) is 0 Å². The van der Waals surface area contributed by atoms with Crippen molar-refractivity contribution < 1.29 is 14.2 Å². The van der Waals surface area contributed by atoms with Crippen molar-refractivity contribution in [2.45, 2.75) is 39.3 Å². The molecular formula is C14H20O3. The van der Waals surface area contributed by atoms with Gasteiger partial charge in [0, 0.05) is 0 Å². The molecule has 0 radical (unpaired) electrons. The Labute approximate surface area is 103 Å². The topological polar surface area (TPSA) is 27.7 Å². The van der Waals surface area contributed by atoms with Crippen molar-refractivity contribution in [3.05, 3.63) is 35.4 Å². The average molecular weight is 236 g/mol. The highest BCUT2D eigenvalue weighted by molar-refractivity contribution is 5.24. The minimum atomic E-state index is -0.0479. The molecule has 94 valence electrons. The summed E-state index contributed by atoms with van der Waals surface area (Å²) in [5, 5.41) is 0. The van der Waals surface area contributed by atoms with Crippen molar-refractivity contribution >= 4 is 0 Å². The van der Waals surface area contributed by atoms with E-state index in [1.807, 2.05) is 12.1 Å². The maximum absolute atomic E-state index is 5.79. The Morgan fingerprint density at radius 1 is 1.24 bits per heavy atom. The first-order valence-corrected chi connectivity index (χ1v) is 6.19. The molecular weight excluding hydrogens is 216 g/mol. The number of hydrogen-bond acceptors (Lipinski definition) is 3. The highest BCUT2D eigenvalue weighted by Gasteiger charge is 2.21. The molecule has 1 fully saturated rings. The van der Waals surface area contributed by atoms with Gasteiger partial charge in [-0.2, -0.15) is 0 Å². The van der Waals surface area contributed by atoms with Gasteiger partial charge in [0.2, 0.25) is 0 Å². The van der Waals surface area contributed by atoms with Crippen LogP contribution in [0.4, 0.5) is 0 Å². The van der Waals surface area contributed by atoms with Crippen LogP contribution < -0.4 is 0 Å². The molecule has 0 spiro atoms. The Balaban J connectivity index is 1.78. The Bertz CT molecular complexity index is 343. The van der Waals surface area contributed by atoms with Crippen molar-refractivity contribution in [1.29, 1.82) is 0 Å². The fraction of sp³-hybridized carbons (Fsp3) is 0.571. The second-order valence-corrected chi connectivity index (χ2v) is 4.36. The van der Waals surface area contributed by atoms with Crippen LogP contribution in [0.5, 0.6) is 0 Å². The molecule has 1 aromatic rings. The molecule has 3 nitrogen and oxygen atoms in total. The maximum Gasteiger partial charge on any atom is 0.157 e. The Kier molecular flexibility index (Phi) is 4.54. The van der Waals surface area contributed by atoms with E-state index in [2.05, 4.69) is 26.0 Å². The summed E-state index contributed by atoms with van der Waals surface area (Å²) < 4.78 is 16.8. The molecule has 1 heterocycles. The van der Waals surface area contributed by atoms with Gasteiger partial charge in [0.15, 0.2) is 6.29 Å². The van der Waals surface area contributed by atoms with Gasteiger partial charge in [0.05, 0.1) is 19.8 Å². The predicted octanol–water partition coefficient (Wildman–Crippen LogP) is 2.66. The van der Waals surface area contributed by atoms with Gasteiger partial charge in [-0.3, -0.25) is 0 Å². The van der Waals surface area contributed by atoms with Gasteiger partial charge >= 0.3 is 0 Å². The lowest BCUT2D eigenvalue weighted by Gasteiger charge is -2.28. The number of rotatable bonds is 4. The predicted molar refractivity (Wildman–Crippen MR) is 65.7 cm³/mol. The van der Waals surface area contributed by atoms with E-state index in [-0.39, 0.29) is 12.4 Å². The molecule has 1 aromatic carbocycles. The van der Waals surface area contributed by atoms with Crippen LogP contribution >= 0.6 is 0 Å². The van der Waals surface area contributed by atoms with E-state index in [1.54, 1.807) is 0 Å². The third-order valence-electron chi connectivity index (χ3n) is 3.01. The summed E-state index contributed by atoms with van der Waals surface area (Å²) in [6.07, 6.45) is 0.899. The van der Waals surface area contributed by atoms with Gasteiger partial charge in [-0.15, -0.1) is 0 Å². The summed E-state index contributed by atoms with van der Waals surface area (Å²) in [4.78, 5) is 0. The number of benzene rings is 1. The molecule has 0 N–H and O–H groups in total. The van der Waals surface area contributed by atoms with Crippen molar-refractivity contribution in [2.75, 3.05) is 13.2 Å². The van der Waals surface area contributed by atoms with Crippen LogP contribution in [0.25, 0.3) is 0 Å². The van der Waals surface area contributed by atoms with E-state index in [9.17, 15) is 0 Å². The monoisotopic (exact) mass is 236 g/mol. The fourth-order valence-electron chi connectivity index (χ4n) is 1.84. The lowest BCUT2D eigenvalue weighted by Crippen LogP contribution is -2.36. The molecule has 2 rings (SSSR count). The first kappa shape index (κ1) is 12.6. The molecule has 0 amide bonds. The van der Waals surface area contributed by atoms with Crippen molar-refractivity contribution in [1.82, 2.24) is 0 Å². The van der Waals surface area contributed by atoms with Crippen LogP contribution in [-0.4, -0.2) is 25.6 Å². The van der Waals surface area contributed by atoms with E-state index in [1.165, 1.54) is 11.1 Å². The number of hydrogen-bond donors (Lipinski definition) is 0. The molecule has 1 aliphatic heterocycles. The quantitative estimate of drug-likeness (QED) is 0.804. The zero-order valence-corrected chi connectivity index (χ0v) is 10.5. The second kappa shape index (κ2) is 6.15. The smallest absolute Gasteiger partial charge is 0.157 e. The van der Waals surface area contributed by atoms with Crippen LogP contribution in [0, 0.1) is 6.92 Å². The number of aryl methyl sites for hydroxylation is 1. The number of ether oxygens (including phenoxy) is 3. The van der Waals surface area contributed by atoms with Crippen LogP contribution in [-0.2, 0) is 20.8 Å². The zero-order valence-electron chi connectivity index (χ0n) is 10.5. The standard InChI is InChI=1S/C14H20O3/c1-3-14-16-9-13(10-17-14)15-8-12-7-5-4-6-11(12)2/h4-7,13-14H,3,8-10H2,1-2H3. The minimum absolute atomic E-state index is 0.0479. The SMILES string of the molecule is CCC1OCC(OCc2ccccc2C)CO1. The molecule has 0 bridgehead atoms. The molecule has 0 aromatic heterocycles. The summed E-state index contributed by atoms with van der Waals surface area (Å²) in [6, 6.07) is 8.26. The van der Waals surface area contributed by atoms with Crippen molar-refractivity contribution in [3.63, 3.8) is 0 Å². The molecule has 0 atom stereocenters. The summed E-state index contributed by atoms with van der Waals surface area (Å²) in [5.41, 5.74) is 2.49. The highest BCUT2D eigenvalue weighted by atomic mass is 16.7. The molecule has 1 aliphatic rings. The van der Waals surface area contributed by atoms with Gasteiger partial charge < -0.3 is 14.2 Å². The zero-order chi connectivity index (χ0) is 12.1. The Morgan fingerprint density at radius 3 is 2.59 bits per heavy atom. The summed E-state index contributed by atoms with van der Waals surface area (Å²) >= 11 is 0. The maximum atomic E-state index is 5.79. The molecule has 17 heavy (non-hydrogen) atoms. The van der Waals surface area contributed by atoms with Gasteiger partial charge in [-0.05, 0) is 24.5 Å². The molecule has 0 saturated carbocycles. The Hall–Kier alpha value is -0.900. The summed E-state index contributed by atoms with van der Waals surface area (Å²) in [6.45, 7) is 6.04. The van der Waals surface area contributed by atoms with Crippen LogP contribution in [0.15, 0.2) is 24.3 Å². The van der Waals surface area contributed by atoms with Gasteiger partial charge in [0.1, 0.15) is 6.10 Å². The lowest BCUT2D eigenvalue weighted by molar-refractivity contribution is -0.228. The van der Waals surface area contributed by atoms with Crippen LogP contribution in [0.1, 0.15) is 24.5 Å². The van der Waals surface area contributed by atoms with Crippen molar-refractivity contribution in [2.24, 2.45) is 0 Å². The van der Waals surface area contributed by atoms with E-state index >= 15 is 0 Å². The highest BCUT2D eigenvalue weighted by Crippen LogP contribution is 2.14. The van der Waals surface area contributed by atoms with E-state index in [0.29, 0.717) is 19.8 Å². The first-order chi connectivity index (χ1) is 8.29. The first-order valence-electron chi connectivity index (χ1n) is 6.19. The minimum Gasteiger partial charge on any atom is -0.369 e. The molecule has 1 saturated heterocycles. The summed E-state index contributed by atoms with van der Waals surface area (Å²) in [5.74, 6) is 0. The van der Waals surface area contributed by atoms with E-state index in [0.717, 1.165) is 6.42 Å². The van der Waals surface area contributed by atoms with Gasteiger partial charge in [-0.1, -0.05) is 31.2 Å². The van der Waals surface area contributed by atoms with E-state index < -0.39 is 0 Å². The molecule has 0 unspecified atom stereocenters. The average Bonchev–Trinajstić information content (AvgIpc) is 2.38. The fourth-order valence-corrected chi connectivity index (χ4v) is 1.84. The normalized spacial score (nSPS) is 24.8. The lowest BCUT2D eigenvalue weighted by atomic mass is 10.1. The molecule has 0 aliphatic carbocycles. The third kappa shape index (κ3) is 3.53. The largest absolute Gasteiger partial charge is 0.369 e. The summed E-state index contributed by atoms with van der Waals surface area (Å²) in [7, 11) is 0. The van der Waals surface area contributed by atoms with E-state index in [4.69, 9.17) is 14.2 Å². The van der Waals surface area contributed by atoms with Gasteiger partial charge in [-0.25, -0.2) is 0 Å². The van der Waals surface area contributed by atoms with Crippen molar-refractivity contribution in [3.8, 4) is 0 Å². The van der Waals surface area contributed by atoms with Crippen LogP contribution in [0.3, 0.4) is 0 Å².